The number of nitrogens with one attached hydrogen (secondary N) is 1. The van der Waals surface area contributed by atoms with E-state index in [9.17, 15) is 0 Å². The summed E-state index contributed by atoms with van der Waals surface area (Å²) in [5, 5.41) is 0. The van der Waals surface area contributed by atoms with E-state index >= 15 is 0 Å². The number of aromatic amines is 1. The van der Waals surface area contributed by atoms with Gasteiger partial charge in [0.2, 0.25) is 0 Å². The summed E-state index contributed by atoms with van der Waals surface area (Å²) in [6.07, 6.45) is -0.0564. The zero-order chi connectivity index (χ0) is 13.2. The molecule has 3 aromatic rings. The highest BCUT2D eigenvalue weighted by Crippen LogP contribution is 2.23. The predicted octanol–water partition coefficient (Wildman–Crippen LogP) is 3.29. The van der Waals surface area contributed by atoms with Crippen LogP contribution in [0.1, 0.15) is 18.6 Å². The van der Waals surface area contributed by atoms with Crippen molar-refractivity contribution in [2.24, 2.45) is 0 Å². The molecule has 1 atom stereocenters. The van der Waals surface area contributed by atoms with Gasteiger partial charge in [-0.15, -0.1) is 0 Å². The fraction of sp³-hybridized carbons (Fsp3) is 0.133. The zero-order valence-electron chi connectivity index (χ0n) is 10.6. The smallest absolute Gasteiger partial charge is 0.295 e. The highest BCUT2D eigenvalue weighted by molar-refractivity contribution is 5.79. The number of fused-ring (bicyclic) bond motifs is 1. The van der Waals surface area contributed by atoms with E-state index in [1.165, 1.54) is 0 Å². The largest absolute Gasteiger partial charge is 0.457 e. The van der Waals surface area contributed by atoms with Gasteiger partial charge < -0.3 is 15.5 Å². The average molecular weight is 253 g/mol. The van der Waals surface area contributed by atoms with Gasteiger partial charge in [0.15, 0.2) is 0 Å². The van der Waals surface area contributed by atoms with Crippen LogP contribution in [0.25, 0.3) is 11.0 Å². The van der Waals surface area contributed by atoms with Crippen LogP contribution in [0.2, 0.25) is 0 Å². The van der Waals surface area contributed by atoms with Gasteiger partial charge in [-0.1, -0.05) is 30.3 Å². The number of rotatable bonds is 3. The van der Waals surface area contributed by atoms with Gasteiger partial charge in [0.25, 0.3) is 6.01 Å². The van der Waals surface area contributed by atoms with Crippen molar-refractivity contribution in [1.82, 2.24) is 9.97 Å². The molecule has 0 spiro atoms. The molecule has 4 heteroatoms. The Kier molecular flexibility index (Phi) is 2.83. The number of anilines is 1. The standard InChI is InChI=1S/C15H15N3O/c1-10(11-5-3-2-4-6-11)19-15-17-13-8-7-12(16)9-14(13)18-15/h2-10H,16H2,1H3,(H,17,18). The molecule has 4 nitrogen and oxygen atoms in total. The third kappa shape index (κ3) is 2.38. The number of aromatic nitrogens is 2. The summed E-state index contributed by atoms with van der Waals surface area (Å²) in [4.78, 5) is 7.51. The molecule has 19 heavy (non-hydrogen) atoms. The van der Waals surface area contributed by atoms with E-state index in [0.717, 1.165) is 16.6 Å². The lowest BCUT2D eigenvalue weighted by Gasteiger charge is -2.11. The Morgan fingerprint density at radius 2 is 1.95 bits per heavy atom. The maximum absolute atomic E-state index is 5.82. The molecule has 0 aliphatic heterocycles. The molecule has 1 aromatic heterocycles. The fourth-order valence-corrected chi connectivity index (χ4v) is 2.02. The lowest BCUT2D eigenvalue weighted by atomic mass is 10.1. The van der Waals surface area contributed by atoms with E-state index < -0.39 is 0 Å². The molecule has 0 saturated heterocycles. The highest BCUT2D eigenvalue weighted by Gasteiger charge is 2.10. The molecular formula is C15H15N3O. The van der Waals surface area contributed by atoms with Gasteiger partial charge in [0.1, 0.15) is 6.10 Å². The number of ether oxygens (including phenoxy) is 1. The molecule has 0 aliphatic carbocycles. The Hall–Kier alpha value is -2.49. The van der Waals surface area contributed by atoms with Crippen molar-refractivity contribution in [2.75, 3.05) is 5.73 Å². The first-order valence-electron chi connectivity index (χ1n) is 6.19. The molecule has 0 bridgehead atoms. The number of hydrogen-bond donors (Lipinski definition) is 2. The van der Waals surface area contributed by atoms with E-state index in [4.69, 9.17) is 10.5 Å². The third-order valence-electron chi connectivity index (χ3n) is 3.04. The minimum absolute atomic E-state index is 0.0564. The normalized spacial score (nSPS) is 12.5. The van der Waals surface area contributed by atoms with Crippen LogP contribution < -0.4 is 10.5 Å². The number of nitrogen functional groups attached to an aromatic ring is 1. The van der Waals surface area contributed by atoms with Crippen LogP contribution in [0.15, 0.2) is 48.5 Å². The molecule has 1 unspecified atom stereocenters. The fourth-order valence-electron chi connectivity index (χ4n) is 2.02. The minimum atomic E-state index is -0.0564. The Morgan fingerprint density at radius 1 is 1.16 bits per heavy atom. The minimum Gasteiger partial charge on any atom is -0.457 e. The Bertz CT molecular complexity index is 691. The van der Waals surface area contributed by atoms with E-state index in [-0.39, 0.29) is 6.10 Å². The lowest BCUT2D eigenvalue weighted by molar-refractivity contribution is 0.210. The van der Waals surface area contributed by atoms with Gasteiger partial charge in [-0.05, 0) is 30.7 Å². The van der Waals surface area contributed by atoms with Crippen LogP contribution in [0, 0.1) is 0 Å². The summed E-state index contributed by atoms with van der Waals surface area (Å²) < 4.78 is 5.82. The molecule has 1 heterocycles. The first kappa shape index (κ1) is 11.6. The second kappa shape index (κ2) is 4.65. The SMILES string of the molecule is CC(Oc1nc2ccc(N)cc2[nH]1)c1ccccc1. The van der Waals surface area contributed by atoms with Crippen molar-refractivity contribution in [3.05, 3.63) is 54.1 Å². The van der Waals surface area contributed by atoms with Crippen LogP contribution in [-0.2, 0) is 0 Å². The molecule has 0 radical (unpaired) electrons. The third-order valence-corrected chi connectivity index (χ3v) is 3.04. The van der Waals surface area contributed by atoms with Crippen LogP contribution >= 0.6 is 0 Å². The summed E-state index contributed by atoms with van der Waals surface area (Å²) in [7, 11) is 0. The number of benzene rings is 2. The number of hydrogen-bond acceptors (Lipinski definition) is 3. The topological polar surface area (TPSA) is 63.9 Å². The van der Waals surface area contributed by atoms with Crippen molar-refractivity contribution in [1.29, 1.82) is 0 Å². The molecule has 2 aromatic carbocycles. The summed E-state index contributed by atoms with van der Waals surface area (Å²) in [5.74, 6) is 0. The van der Waals surface area contributed by atoms with Gasteiger partial charge in [-0.25, -0.2) is 0 Å². The Balaban J connectivity index is 1.85. The molecule has 0 saturated carbocycles. The highest BCUT2D eigenvalue weighted by atomic mass is 16.5. The Labute approximate surface area is 111 Å². The van der Waals surface area contributed by atoms with E-state index in [1.807, 2.05) is 55.5 Å². The number of H-pyrrole nitrogens is 1. The van der Waals surface area contributed by atoms with Crippen LogP contribution in [0.5, 0.6) is 6.01 Å². The monoisotopic (exact) mass is 253 g/mol. The van der Waals surface area contributed by atoms with Crippen LogP contribution in [0.3, 0.4) is 0 Å². The van der Waals surface area contributed by atoms with E-state index in [1.54, 1.807) is 0 Å². The first-order valence-corrected chi connectivity index (χ1v) is 6.19. The predicted molar refractivity (Wildman–Crippen MR) is 76.0 cm³/mol. The van der Waals surface area contributed by atoms with Crippen molar-refractivity contribution in [3.63, 3.8) is 0 Å². The second-order valence-corrected chi connectivity index (χ2v) is 4.49. The van der Waals surface area contributed by atoms with Crippen molar-refractivity contribution < 1.29 is 4.74 Å². The molecule has 0 fully saturated rings. The van der Waals surface area contributed by atoms with Crippen molar-refractivity contribution in [2.45, 2.75) is 13.0 Å². The second-order valence-electron chi connectivity index (χ2n) is 4.49. The number of nitrogens with two attached hydrogens (primary N) is 1. The maximum atomic E-state index is 5.82. The van der Waals surface area contributed by atoms with Gasteiger partial charge in [-0.2, -0.15) is 4.98 Å². The van der Waals surface area contributed by atoms with Gasteiger partial charge in [0.05, 0.1) is 11.0 Å². The lowest BCUT2D eigenvalue weighted by Crippen LogP contribution is -2.03. The summed E-state index contributed by atoms with van der Waals surface area (Å²) in [5.41, 5.74) is 9.29. The molecule has 0 aliphatic rings. The Morgan fingerprint density at radius 3 is 2.74 bits per heavy atom. The van der Waals surface area contributed by atoms with Gasteiger partial charge in [0, 0.05) is 5.69 Å². The van der Waals surface area contributed by atoms with Gasteiger partial charge in [-0.3, -0.25) is 0 Å². The molecule has 3 N–H and O–H groups in total. The van der Waals surface area contributed by atoms with Gasteiger partial charge >= 0.3 is 0 Å². The van der Waals surface area contributed by atoms with E-state index in [2.05, 4.69) is 9.97 Å². The summed E-state index contributed by atoms with van der Waals surface area (Å²) in [6, 6.07) is 16.1. The molecule has 3 rings (SSSR count). The summed E-state index contributed by atoms with van der Waals surface area (Å²) in [6.45, 7) is 2.00. The maximum Gasteiger partial charge on any atom is 0.295 e. The zero-order valence-corrected chi connectivity index (χ0v) is 10.6. The van der Waals surface area contributed by atoms with E-state index in [0.29, 0.717) is 11.7 Å². The number of imidazole rings is 1. The molecular weight excluding hydrogens is 238 g/mol. The molecule has 0 amide bonds. The summed E-state index contributed by atoms with van der Waals surface area (Å²) >= 11 is 0. The quantitative estimate of drug-likeness (QED) is 0.704. The van der Waals surface area contributed by atoms with Crippen molar-refractivity contribution in [3.8, 4) is 6.01 Å². The molecule has 96 valence electrons. The first-order chi connectivity index (χ1) is 9.22. The number of nitrogens with zero attached hydrogens (tertiary/aromatic N) is 1. The van der Waals surface area contributed by atoms with Crippen LogP contribution in [-0.4, -0.2) is 9.97 Å². The van der Waals surface area contributed by atoms with Crippen molar-refractivity contribution >= 4 is 16.7 Å². The van der Waals surface area contributed by atoms with Crippen LogP contribution in [0.4, 0.5) is 5.69 Å². The average Bonchev–Trinajstić information content (AvgIpc) is 2.81.